The largest absolute Gasteiger partial charge is 0.493 e. The van der Waals surface area contributed by atoms with Gasteiger partial charge in [0.25, 0.3) is 5.91 Å². The topological polar surface area (TPSA) is 69.0 Å². The molecule has 0 spiro atoms. The summed E-state index contributed by atoms with van der Waals surface area (Å²) in [4.78, 5) is 21.1. The van der Waals surface area contributed by atoms with Crippen LogP contribution in [0.3, 0.4) is 0 Å². The Hall–Kier alpha value is -3.67. The first-order chi connectivity index (χ1) is 16.2. The SMILES string of the molecule is Cc1ccccc1OCCCCn1c(CCCNC(=O)c2cccnc2)nc2ccccc21. The number of imidazole rings is 1. The number of benzene rings is 2. The molecule has 6 heteroatoms. The Balaban J connectivity index is 1.30. The zero-order valence-electron chi connectivity index (χ0n) is 19.0. The van der Waals surface area contributed by atoms with E-state index in [0.717, 1.165) is 60.4 Å². The zero-order valence-corrected chi connectivity index (χ0v) is 19.0. The summed E-state index contributed by atoms with van der Waals surface area (Å²) in [5.41, 5.74) is 3.92. The number of ether oxygens (including phenoxy) is 1. The minimum atomic E-state index is -0.0924. The maximum atomic E-state index is 12.2. The molecule has 0 saturated carbocycles. The number of para-hydroxylation sites is 3. The van der Waals surface area contributed by atoms with Gasteiger partial charge in [-0.1, -0.05) is 30.3 Å². The van der Waals surface area contributed by atoms with Crippen LogP contribution in [0, 0.1) is 6.92 Å². The van der Waals surface area contributed by atoms with Gasteiger partial charge in [0.05, 0.1) is 23.2 Å². The Labute approximate surface area is 194 Å². The molecule has 2 aromatic heterocycles. The number of nitrogens with zero attached hydrogens (tertiary/aromatic N) is 3. The number of pyridine rings is 1. The molecule has 4 rings (SSSR count). The average molecular weight is 443 g/mol. The Kier molecular flexibility index (Phi) is 7.69. The molecular weight excluding hydrogens is 412 g/mol. The summed E-state index contributed by atoms with van der Waals surface area (Å²) in [5, 5.41) is 2.97. The normalized spacial score (nSPS) is 10.9. The maximum Gasteiger partial charge on any atom is 0.252 e. The van der Waals surface area contributed by atoms with Crippen molar-refractivity contribution in [3.8, 4) is 5.75 Å². The molecule has 33 heavy (non-hydrogen) atoms. The van der Waals surface area contributed by atoms with Gasteiger partial charge in [0.2, 0.25) is 0 Å². The van der Waals surface area contributed by atoms with Crippen molar-refractivity contribution in [1.29, 1.82) is 0 Å². The van der Waals surface area contributed by atoms with Crippen molar-refractivity contribution < 1.29 is 9.53 Å². The zero-order chi connectivity index (χ0) is 22.9. The van der Waals surface area contributed by atoms with Crippen molar-refractivity contribution >= 4 is 16.9 Å². The first kappa shape index (κ1) is 22.5. The number of hydrogen-bond donors (Lipinski definition) is 1. The molecule has 0 saturated heterocycles. The van der Waals surface area contributed by atoms with Crippen molar-refractivity contribution in [3.05, 3.63) is 90.0 Å². The summed E-state index contributed by atoms with van der Waals surface area (Å²) in [6, 6.07) is 19.9. The van der Waals surface area contributed by atoms with Crippen LogP contribution >= 0.6 is 0 Å². The quantitative estimate of drug-likeness (QED) is 0.333. The van der Waals surface area contributed by atoms with Crippen LogP contribution in [0.15, 0.2) is 73.1 Å². The van der Waals surface area contributed by atoms with Crippen LogP contribution in [0.5, 0.6) is 5.75 Å². The van der Waals surface area contributed by atoms with Crippen LogP contribution in [0.4, 0.5) is 0 Å². The lowest BCUT2D eigenvalue weighted by atomic mass is 10.2. The van der Waals surface area contributed by atoms with Gasteiger partial charge in [-0.05, 0) is 62.1 Å². The van der Waals surface area contributed by atoms with E-state index in [-0.39, 0.29) is 5.91 Å². The lowest BCUT2D eigenvalue weighted by Gasteiger charge is -2.11. The minimum absolute atomic E-state index is 0.0924. The van der Waals surface area contributed by atoms with E-state index < -0.39 is 0 Å². The number of carbonyl (C=O) groups is 1. The smallest absolute Gasteiger partial charge is 0.252 e. The van der Waals surface area contributed by atoms with Gasteiger partial charge in [0.1, 0.15) is 11.6 Å². The van der Waals surface area contributed by atoms with E-state index in [4.69, 9.17) is 9.72 Å². The van der Waals surface area contributed by atoms with E-state index in [1.807, 2.05) is 24.3 Å². The number of amides is 1. The molecule has 0 radical (unpaired) electrons. The number of fused-ring (bicyclic) bond motifs is 1. The Morgan fingerprint density at radius 2 is 1.85 bits per heavy atom. The van der Waals surface area contributed by atoms with Gasteiger partial charge in [-0.15, -0.1) is 0 Å². The van der Waals surface area contributed by atoms with Gasteiger partial charge in [0.15, 0.2) is 0 Å². The second-order valence-corrected chi connectivity index (χ2v) is 8.09. The third-order valence-electron chi connectivity index (χ3n) is 5.65. The van der Waals surface area contributed by atoms with Crippen LogP contribution in [0.2, 0.25) is 0 Å². The first-order valence-electron chi connectivity index (χ1n) is 11.5. The molecule has 0 aliphatic rings. The summed E-state index contributed by atoms with van der Waals surface area (Å²) in [6.07, 6.45) is 6.86. The molecule has 170 valence electrons. The summed E-state index contributed by atoms with van der Waals surface area (Å²) < 4.78 is 8.25. The predicted octanol–water partition coefficient (Wildman–Crippen LogP) is 4.96. The Morgan fingerprint density at radius 3 is 2.70 bits per heavy atom. The molecule has 0 bridgehead atoms. The molecule has 4 aromatic rings. The van der Waals surface area contributed by atoms with E-state index >= 15 is 0 Å². The van der Waals surface area contributed by atoms with E-state index in [9.17, 15) is 4.79 Å². The molecular formula is C27H30N4O2. The number of aromatic nitrogens is 3. The van der Waals surface area contributed by atoms with Crippen molar-refractivity contribution in [3.63, 3.8) is 0 Å². The molecule has 2 aromatic carbocycles. The minimum Gasteiger partial charge on any atom is -0.493 e. The second kappa shape index (κ2) is 11.3. The number of nitrogens with one attached hydrogen (secondary N) is 1. The summed E-state index contributed by atoms with van der Waals surface area (Å²) in [6.45, 7) is 4.27. The molecule has 1 N–H and O–H groups in total. The standard InChI is InChI=1S/C27H30N4O2/c1-21-10-2-5-14-25(21)33-19-7-6-18-31-24-13-4-3-12-23(24)30-26(31)15-9-17-29-27(32)22-11-8-16-28-20-22/h2-5,8,10-14,16,20H,6-7,9,15,17-19H2,1H3,(H,29,32). The van der Waals surface area contributed by atoms with Gasteiger partial charge >= 0.3 is 0 Å². The van der Waals surface area contributed by atoms with Gasteiger partial charge in [-0.2, -0.15) is 0 Å². The van der Waals surface area contributed by atoms with Crippen molar-refractivity contribution in [2.45, 2.75) is 39.2 Å². The van der Waals surface area contributed by atoms with Crippen LogP contribution in [-0.2, 0) is 13.0 Å². The summed E-state index contributed by atoms with van der Waals surface area (Å²) in [7, 11) is 0. The third kappa shape index (κ3) is 5.98. The maximum absolute atomic E-state index is 12.2. The van der Waals surface area contributed by atoms with Crippen LogP contribution < -0.4 is 10.1 Å². The Bertz CT molecular complexity index is 1190. The number of carbonyl (C=O) groups excluding carboxylic acids is 1. The predicted molar refractivity (Wildman–Crippen MR) is 131 cm³/mol. The Morgan fingerprint density at radius 1 is 1.00 bits per heavy atom. The highest BCUT2D eigenvalue weighted by molar-refractivity contribution is 5.93. The number of rotatable bonds is 11. The van der Waals surface area contributed by atoms with Gasteiger partial charge in [-0.3, -0.25) is 9.78 Å². The lowest BCUT2D eigenvalue weighted by Crippen LogP contribution is -2.25. The van der Waals surface area contributed by atoms with Crippen LogP contribution in [-0.4, -0.2) is 33.6 Å². The van der Waals surface area contributed by atoms with E-state index in [0.29, 0.717) is 18.7 Å². The highest BCUT2D eigenvalue weighted by Gasteiger charge is 2.11. The van der Waals surface area contributed by atoms with Crippen LogP contribution in [0.1, 0.15) is 41.0 Å². The van der Waals surface area contributed by atoms with Crippen molar-refractivity contribution in [1.82, 2.24) is 19.9 Å². The average Bonchev–Trinajstić information content (AvgIpc) is 3.20. The molecule has 0 atom stereocenters. The number of aryl methyl sites for hydroxylation is 3. The van der Waals surface area contributed by atoms with Gasteiger partial charge in [-0.25, -0.2) is 4.98 Å². The molecule has 0 fully saturated rings. The first-order valence-corrected chi connectivity index (χ1v) is 11.5. The molecule has 0 aliphatic carbocycles. The highest BCUT2D eigenvalue weighted by atomic mass is 16.5. The summed E-state index contributed by atoms with van der Waals surface area (Å²) in [5.74, 6) is 1.93. The van der Waals surface area contributed by atoms with Crippen molar-refractivity contribution in [2.75, 3.05) is 13.2 Å². The fourth-order valence-corrected chi connectivity index (χ4v) is 3.89. The summed E-state index contributed by atoms with van der Waals surface area (Å²) >= 11 is 0. The molecule has 1 amide bonds. The number of hydrogen-bond acceptors (Lipinski definition) is 4. The molecule has 0 unspecified atom stereocenters. The van der Waals surface area contributed by atoms with Gasteiger partial charge in [0, 0.05) is 31.9 Å². The molecule has 0 aliphatic heterocycles. The van der Waals surface area contributed by atoms with E-state index in [1.165, 1.54) is 0 Å². The molecule has 6 nitrogen and oxygen atoms in total. The highest BCUT2D eigenvalue weighted by Crippen LogP contribution is 2.19. The molecule has 2 heterocycles. The van der Waals surface area contributed by atoms with E-state index in [2.05, 4.69) is 46.1 Å². The lowest BCUT2D eigenvalue weighted by molar-refractivity contribution is 0.0952. The van der Waals surface area contributed by atoms with Crippen molar-refractivity contribution in [2.24, 2.45) is 0 Å². The fourth-order valence-electron chi connectivity index (χ4n) is 3.89. The fraction of sp³-hybridized carbons (Fsp3) is 0.296. The third-order valence-corrected chi connectivity index (χ3v) is 5.65. The second-order valence-electron chi connectivity index (χ2n) is 8.09. The monoisotopic (exact) mass is 442 g/mol. The number of unbranched alkanes of at least 4 members (excludes halogenated alkanes) is 1. The van der Waals surface area contributed by atoms with E-state index in [1.54, 1.807) is 24.5 Å². The van der Waals surface area contributed by atoms with Crippen LogP contribution in [0.25, 0.3) is 11.0 Å². The van der Waals surface area contributed by atoms with Gasteiger partial charge < -0.3 is 14.6 Å².